The van der Waals surface area contributed by atoms with E-state index in [1.54, 1.807) is 12.1 Å². The maximum atomic E-state index is 12.0. The van der Waals surface area contributed by atoms with Gasteiger partial charge in [-0.1, -0.05) is 0 Å². The highest BCUT2D eigenvalue weighted by Crippen LogP contribution is 2.54. The number of carboxylic acids is 1. The van der Waals surface area contributed by atoms with Crippen LogP contribution in [0, 0.1) is 0 Å². The zero-order chi connectivity index (χ0) is 13.6. The fraction of sp³-hybridized carbons (Fsp3) is 0.417. The summed E-state index contributed by atoms with van der Waals surface area (Å²) in [4.78, 5) is 28.6. The second kappa shape index (κ2) is 3.84. The van der Waals surface area contributed by atoms with Gasteiger partial charge in [-0.2, -0.15) is 0 Å². The zero-order valence-electron chi connectivity index (χ0n) is 10.3. The number of nitrogens with zero attached hydrogens (tertiary/aromatic N) is 2. The summed E-state index contributed by atoms with van der Waals surface area (Å²) in [6.07, 6.45) is 1.45. The highest BCUT2D eigenvalue weighted by atomic mass is 16.5. The second-order valence-corrected chi connectivity index (χ2v) is 4.69. The number of ether oxygens (including phenoxy) is 1. The third-order valence-electron chi connectivity index (χ3n) is 3.54. The van der Waals surface area contributed by atoms with E-state index in [2.05, 4.69) is 10.3 Å². The Kier molecular flexibility index (Phi) is 2.38. The van der Waals surface area contributed by atoms with Crippen molar-refractivity contribution in [1.82, 2.24) is 9.88 Å². The summed E-state index contributed by atoms with van der Waals surface area (Å²) in [5.74, 6) is -0.579. The van der Waals surface area contributed by atoms with E-state index in [-0.39, 0.29) is 12.6 Å². The first-order chi connectivity index (χ1) is 9.06. The molecule has 2 heterocycles. The van der Waals surface area contributed by atoms with E-state index in [0.29, 0.717) is 17.3 Å². The molecule has 7 heteroatoms. The minimum absolute atomic E-state index is 0.329. The summed E-state index contributed by atoms with van der Waals surface area (Å²) in [6, 6.07) is 3.01. The highest BCUT2D eigenvalue weighted by molar-refractivity contribution is 5.95. The van der Waals surface area contributed by atoms with Crippen molar-refractivity contribution in [1.29, 1.82) is 0 Å². The fourth-order valence-corrected chi connectivity index (χ4v) is 2.50. The van der Waals surface area contributed by atoms with Gasteiger partial charge in [0.25, 0.3) is 0 Å². The van der Waals surface area contributed by atoms with Crippen molar-refractivity contribution in [2.24, 2.45) is 0 Å². The smallest absolute Gasteiger partial charge is 0.323 e. The molecular formula is C12H13N3O4. The van der Waals surface area contributed by atoms with Crippen LogP contribution in [0.3, 0.4) is 0 Å². The van der Waals surface area contributed by atoms with Crippen LogP contribution < -0.4 is 10.1 Å². The number of hydrogen-bond donors (Lipinski definition) is 2. The number of carbonyl (C=O) groups excluding carboxylic acids is 1. The molecule has 1 aliphatic heterocycles. The molecule has 2 N–H and O–H groups in total. The number of aromatic nitrogens is 1. The molecule has 1 aromatic heterocycles. The number of rotatable bonds is 3. The fourth-order valence-electron chi connectivity index (χ4n) is 2.50. The number of carboxylic acid groups (broad SMARTS) is 1. The molecule has 0 bridgehead atoms. The molecular weight excluding hydrogens is 250 g/mol. The molecule has 0 aromatic carbocycles. The molecule has 3 rings (SSSR count). The maximum Gasteiger partial charge on any atom is 0.323 e. The van der Waals surface area contributed by atoms with Crippen LogP contribution in [0.2, 0.25) is 0 Å². The number of pyridine rings is 1. The normalized spacial score (nSPS) is 18.8. The van der Waals surface area contributed by atoms with Crippen LogP contribution >= 0.6 is 0 Å². The quantitative estimate of drug-likeness (QED) is 0.849. The molecule has 100 valence electrons. The Bertz CT molecular complexity index is 568. The van der Waals surface area contributed by atoms with Crippen molar-refractivity contribution in [3.8, 4) is 5.88 Å². The molecule has 0 saturated heterocycles. The van der Waals surface area contributed by atoms with Gasteiger partial charge in [-0.15, -0.1) is 0 Å². The highest BCUT2D eigenvalue weighted by Gasteiger charge is 2.57. The lowest BCUT2D eigenvalue weighted by molar-refractivity contribution is -0.138. The predicted octanol–water partition coefficient (Wildman–Crippen LogP) is 1.01. The van der Waals surface area contributed by atoms with E-state index in [1.807, 2.05) is 0 Å². The predicted molar refractivity (Wildman–Crippen MR) is 65.1 cm³/mol. The van der Waals surface area contributed by atoms with Gasteiger partial charge in [0.15, 0.2) is 0 Å². The van der Waals surface area contributed by atoms with Gasteiger partial charge in [0.05, 0.1) is 24.0 Å². The lowest BCUT2D eigenvalue weighted by atomic mass is 10.0. The first-order valence-corrected chi connectivity index (χ1v) is 5.93. The molecule has 1 fully saturated rings. The second-order valence-electron chi connectivity index (χ2n) is 4.69. The van der Waals surface area contributed by atoms with Gasteiger partial charge in [-0.3, -0.25) is 4.79 Å². The van der Waals surface area contributed by atoms with Crippen LogP contribution in [0.15, 0.2) is 12.1 Å². The average Bonchev–Trinajstić information content (AvgIpc) is 3.16. The molecule has 0 unspecified atom stereocenters. The molecule has 1 aromatic rings. The van der Waals surface area contributed by atoms with Crippen LogP contribution in [-0.2, 0) is 10.3 Å². The third kappa shape index (κ3) is 1.69. The zero-order valence-corrected chi connectivity index (χ0v) is 10.3. The minimum Gasteiger partial charge on any atom is -0.481 e. The first kappa shape index (κ1) is 11.8. The molecule has 7 nitrogen and oxygen atoms in total. The summed E-state index contributed by atoms with van der Waals surface area (Å²) in [7, 11) is 1.52. The van der Waals surface area contributed by atoms with E-state index in [9.17, 15) is 9.59 Å². The molecule has 2 amide bonds. The molecule has 0 radical (unpaired) electrons. The average molecular weight is 263 g/mol. The monoisotopic (exact) mass is 263 g/mol. The number of fused-ring (bicyclic) bond motifs is 2. The van der Waals surface area contributed by atoms with Crippen LogP contribution in [0.25, 0.3) is 0 Å². The molecule has 1 aliphatic carbocycles. The number of nitrogens with one attached hydrogen (secondary N) is 1. The van der Waals surface area contributed by atoms with Crippen LogP contribution in [0.1, 0.15) is 18.5 Å². The first-order valence-electron chi connectivity index (χ1n) is 5.93. The van der Waals surface area contributed by atoms with Gasteiger partial charge in [-0.25, -0.2) is 9.78 Å². The number of methoxy groups -OCH3 is 1. The van der Waals surface area contributed by atoms with E-state index in [0.717, 1.165) is 12.8 Å². The lowest BCUT2D eigenvalue weighted by Crippen LogP contribution is -2.49. The van der Waals surface area contributed by atoms with Crippen molar-refractivity contribution >= 4 is 17.7 Å². The number of aliphatic carboxylic acids is 1. The maximum absolute atomic E-state index is 12.0. The van der Waals surface area contributed by atoms with Crippen molar-refractivity contribution < 1.29 is 19.4 Å². The van der Waals surface area contributed by atoms with Gasteiger partial charge in [-0.05, 0) is 18.9 Å². The molecule has 0 atom stereocenters. The van der Waals surface area contributed by atoms with E-state index >= 15 is 0 Å². The number of anilines is 1. The molecule has 1 saturated carbocycles. The minimum atomic E-state index is -1.03. The van der Waals surface area contributed by atoms with E-state index in [1.165, 1.54) is 12.0 Å². The van der Waals surface area contributed by atoms with Gasteiger partial charge in [0, 0.05) is 6.07 Å². The summed E-state index contributed by atoms with van der Waals surface area (Å²) in [6.45, 7) is -0.329. The van der Waals surface area contributed by atoms with Gasteiger partial charge < -0.3 is 20.1 Å². The lowest BCUT2D eigenvalue weighted by Gasteiger charge is -2.36. The molecule has 2 aliphatic rings. The van der Waals surface area contributed by atoms with Gasteiger partial charge in [0.2, 0.25) is 5.88 Å². The Hall–Kier alpha value is -2.31. The van der Waals surface area contributed by atoms with Crippen molar-refractivity contribution in [3.63, 3.8) is 0 Å². The Morgan fingerprint density at radius 1 is 1.58 bits per heavy atom. The topological polar surface area (TPSA) is 91.8 Å². The van der Waals surface area contributed by atoms with Crippen molar-refractivity contribution in [3.05, 3.63) is 17.8 Å². The number of carbonyl (C=O) groups is 2. The third-order valence-corrected chi connectivity index (χ3v) is 3.54. The number of hydrogen-bond acceptors (Lipinski definition) is 4. The summed E-state index contributed by atoms with van der Waals surface area (Å²) in [5.41, 5.74) is 0.738. The summed E-state index contributed by atoms with van der Waals surface area (Å²) in [5, 5.41) is 11.6. The largest absolute Gasteiger partial charge is 0.481 e. The standard InChI is InChI=1S/C12H13N3O4/c1-19-8-3-2-7-10(14-8)12(4-5-12)15(6-9(16)17)11(18)13-7/h2-3H,4-6H2,1H3,(H,13,18)(H,16,17). The van der Waals surface area contributed by atoms with E-state index in [4.69, 9.17) is 9.84 Å². The molecule has 19 heavy (non-hydrogen) atoms. The number of amides is 2. The summed E-state index contributed by atoms with van der Waals surface area (Å²) < 4.78 is 5.09. The summed E-state index contributed by atoms with van der Waals surface area (Å²) >= 11 is 0. The Morgan fingerprint density at radius 3 is 2.89 bits per heavy atom. The van der Waals surface area contributed by atoms with Crippen LogP contribution in [-0.4, -0.2) is 40.6 Å². The van der Waals surface area contributed by atoms with Crippen LogP contribution in [0.4, 0.5) is 10.5 Å². The van der Waals surface area contributed by atoms with Crippen molar-refractivity contribution in [2.75, 3.05) is 19.0 Å². The SMILES string of the molecule is COc1ccc2c(n1)C1(CC1)N(CC(=O)O)C(=O)N2. The van der Waals surface area contributed by atoms with Gasteiger partial charge >= 0.3 is 12.0 Å². The van der Waals surface area contributed by atoms with Gasteiger partial charge in [0.1, 0.15) is 6.54 Å². The Labute approximate surface area is 109 Å². The van der Waals surface area contributed by atoms with E-state index < -0.39 is 11.5 Å². The Morgan fingerprint density at radius 2 is 2.32 bits per heavy atom. The molecule has 1 spiro atoms. The Balaban J connectivity index is 2.05. The van der Waals surface area contributed by atoms with Crippen molar-refractivity contribution in [2.45, 2.75) is 18.4 Å². The number of urea groups is 1. The van der Waals surface area contributed by atoms with Crippen LogP contribution in [0.5, 0.6) is 5.88 Å².